The SMILES string of the molecule is CCOC(=O)N(NC(N)=O)c1ccc(CC[Si](OCC)(OCC)OCC)cc1. The zero-order chi connectivity index (χ0) is 21.0. The van der Waals surface area contributed by atoms with Crippen LogP contribution in [-0.4, -0.2) is 47.4 Å². The molecule has 0 radical (unpaired) electrons. The summed E-state index contributed by atoms with van der Waals surface area (Å²) in [5.41, 5.74) is 8.84. The molecule has 1 aromatic carbocycles. The van der Waals surface area contributed by atoms with Gasteiger partial charge in [-0.3, -0.25) is 0 Å². The highest BCUT2D eigenvalue weighted by Crippen LogP contribution is 2.21. The molecule has 0 atom stereocenters. The van der Waals surface area contributed by atoms with Crippen molar-refractivity contribution in [2.45, 2.75) is 40.2 Å². The van der Waals surface area contributed by atoms with Crippen molar-refractivity contribution in [3.8, 4) is 0 Å². The minimum absolute atomic E-state index is 0.173. The molecule has 28 heavy (non-hydrogen) atoms. The normalized spacial score (nSPS) is 11.1. The Morgan fingerprint density at radius 3 is 1.93 bits per heavy atom. The Morgan fingerprint density at radius 2 is 1.50 bits per heavy atom. The van der Waals surface area contributed by atoms with Crippen LogP contribution in [-0.2, 0) is 24.4 Å². The maximum atomic E-state index is 12.0. The number of aryl methyl sites for hydroxylation is 1. The van der Waals surface area contributed by atoms with Crippen LogP contribution in [0.15, 0.2) is 24.3 Å². The molecular formula is C18H31N3O6Si. The summed E-state index contributed by atoms with van der Waals surface area (Å²) in [5.74, 6) is 0. The van der Waals surface area contributed by atoms with Gasteiger partial charge in [0.25, 0.3) is 0 Å². The Bertz CT molecular complexity index is 597. The van der Waals surface area contributed by atoms with Gasteiger partial charge in [0.1, 0.15) is 0 Å². The summed E-state index contributed by atoms with van der Waals surface area (Å²) >= 11 is 0. The summed E-state index contributed by atoms with van der Waals surface area (Å²) in [6, 6.07) is 6.89. The van der Waals surface area contributed by atoms with E-state index in [1.807, 2.05) is 32.9 Å². The molecule has 3 amide bonds. The molecule has 1 rings (SSSR count). The van der Waals surface area contributed by atoms with Gasteiger partial charge in [0, 0.05) is 25.9 Å². The highest BCUT2D eigenvalue weighted by molar-refractivity contribution is 6.60. The van der Waals surface area contributed by atoms with Crippen molar-refractivity contribution >= 4 is 26.6 Å². The van der Waals surface area contributed by atoms with Crippen LogP contribution < -0.4 is 16.2 Å². The molecule has 0 aliphatic heterocycles. The first kappa shape index (κ1) is 23.9. The lowest BCUT2D eigenvalue weighted by atomic mass is 10.1. The lowest BCUT2D eigenvalue weighted by Gasteiger charge is -2.28. The van der Waals surface area contributed by atoms with Crippen LogP contribution in [0.25, 0.3) is 0 Å². The van der Waals surface area contributed by atoms with Gasteiger partial charge in [-0.2, -0.15) is 5.01 Å². The summed E-state index contributed by atoms with van der Waals surface area (Å²) in [7, 11) is -2.72. The van der Waals surface area contributed by atoms with E-state index in [0.717, 1.165) is 10.6 Å². The Kier molecular flexibility index (Phi) is 10.5. The van der Waals surface area contributed by atoms with Crippen molar-refractivity contribution < 1.29 is 27.6 Å². The van der Waals surface area contributed by atoms with Gasteiger partial charge in [-0.15, -0.1) is 0 Å². The molecule has 3 N–H and O–H groups in total. The zero-order valence-corrected chi connectivity index (χ0v) is 18.0. The highest BCUT2D eigenvalue weighted by atomic mass is 28.4. The molecule has 9 nitrogen and oxygen atoms in total. The second-order valence-electron chi connectivity index (χ2n) is 5.66. The number of benzene rings is 1. The molecule has 10 heteroatoms. The van der Waals surface area contributed by atoms with E-state index in [2.05, 4.69) is 5.43 Å². The van der Waals surface area contributed by atoms with Crippen molar-refractivity contribution in [2.75, 3.05) is 31.4 Å². The predicted molar refractivity (Wildman–Crippen MR) is 108 cm³/mol. The molecule has 0 saturated carbocycles. The van der Waals surface area contributed by atoms with Gasteiger partial charge < -0.3 is 23.7 Å². The average molecular weight is 414 g/mol. The van der Waals surface area contributed by atoms with E-state index >= 15 is 0 Å². The Balaban J connectivity index is 2.89. The summed E-state index contributed by atoms with van der Waals surface area (Å²) in [5, 5.41) is 0.968. The number of nitrogens with two attached hydrogens (primary N) is 1. The number of nitrogens with one attached hydrogen (secondary N) is 1. The van der Waals surface area contributed by atoms with Crippen LogP contribution in [0.4, 0.5) is 15.3 Å². The second kappa shape index (κ2) is 12.3. The van der Waals surface area contributed by atoms with Crippen LogP contribution >= 0.6 is 0 Å². The third-order valence-electron chi connectivity index (χ3n) is 3.68. The number of amides is 3. The standard InChI is InChI=1S/C18H31N3O6Si/c1-5-24-18(23)21(20-17(19)22)16-11-9-15(10-12-16)13-14-28(25-6-2,26-7-3)27-8-4/h9-12H,5-8,13-14H2,1-4H3,(H3,19,20,22). The molecule has 0 aromatic heterocycles. The van der Waals surface area contributed by atoms with Gasteiger partial charge in [-0.05, 0) is 51.8 Å². The first-order valence-corrected chi connectivity index (χ1v) is 11.4. The lowest BCUT2D eigenvalue weighted by molar-refractivity contribution is 0.0714. The Hall–Kier alpha value is -2.14. The van der Waals surface area contributed by atoms with E-state index in [1.165, 1.54) is 0 Å². The Labute approximate surface area is 167 Å². The van der Waals surface area contributed by atoms with Gasteiger partial charge in [-0.25, -0.2) is 15.0 Å². The molecule has 0 unspecified atom stereocenters. The van der Waals surface area contributed by atoms with Gasteiger partial charge in [0.05, 0.1) is 12.3 Å². The summed E-state index contributed by atoms with van der Waals surface area (Å²) < 4.78 is 22.5. The third-order valence-corrected chi connectivity index (χ3v) is 6.73. The molecular weight excluding hydrogens is 382 g/mol. The molecule has 0 heterocycles. The van der Waals surface area contributed by atoms with Crippen LogP contribution in [0, 0.1) is 0 Å². The first-order valence-electron chi connectivity index (χ1n) is 9.45. The number of rotatable bonds is 11. The van der Waals surface area contributed by atoms with E-state index in [0.29, 0.717) is 38.0 Å². The minimum Gasteiger partial charge on any atom is -0.448 e. The van der Waals surface area contributed by atoms with Crippen molar-refractivity contribution in [2.24, 2.45) is 5.73 Å². The molecule has 1 aromatic rings. The number of urea groups is 1. The van der Waals surface area contributed by atoms with Gasteiger partial charge >= 0.3 is 20.9 Å². The smallest absolute Gasteiger partial charge is 0.448 e. The summed E-state index contributed by atoms with van der Waals surface area (Å²) in [6.45, 7) is 9.19. The number of hydrogen-bond donors (Lipinski definition) is 2. The molecule has 158 valence electrons. The molecule has 0 bridgehead atoms. The van der Waals surface area contributed by atoms with E-state index in [1.54, 1.807) is 19.1 Å². The Morgan fingerprint density at radius 1 is 0.964 bits per heavy atom. The quantitative estimate of drug-likeness (QED) is 0.426. The number of carbonyl (C=O) groups is 2. The fraction of sp³-hybridized carbons (Fsp3) is 0.556. The first-order chi connectivity index (χ1) is 13.4. The van der Waals surface area contributed by atoms with Crippen LogP contribution in [0.3, 0.4) is 0 Å². The maximum absolute atomic E-state index is 12.0. The van der Waals surface area contributed by atoms with Crippen LogP contribution in [0.2, 0.25) is 6.04 Å². The van der Waals surface area contributed by atoms with E-state index in [9.17, 15) is 9.59 Å². The summed E-state index contributed by atoms with van der Waals surface area (Å²) in [6.07, 6.45) is -0.0284. The van der Waals surface area contributed by atoms with E-state index in [4.69, 9.17) is 23.7 Å². The molecule has 0 spiro atoms. The average Bonchev–Trinajstić information content (AvgIpc) is 2.66. The lowest BCUT2D eigenvalue weighted by Crippen LogP contribution is -2.49. The van der Waals surface area contributed by atoms with Crippen molar-refractivity contribution in [1.82, 2.24) is 5.43 Å². The second-order valence-corrected chi connectivity index (χ2v) is 8.39. The third kappa shape index (κ3) is 7.47. The number of hydrazine groups is 1. The van der Waals surface area contributed by atoms with E-state index in [-0.39, 0.29) is 6.61 Å². The number of anilines is 1. The predicted octanol–water partition coefficient (Wildman–Crippen LogP) is 2.82. The number of primary amides is 1. The van der Waals surface area contributed by atoms with Gasteiger partial charge in [0.2, 0.25) is 0 Å². The largest absolute Gasteiger partial charge is 0.501 e. The van der Waals surface area contributed by atoms with Gasteiger partial charge in [0.15, 0.2) is 0 Å². The van der Waals surface area contributed by atoms with Crippen LogP contribution in [0.1, 0.15) is 33.3 Å². The highest BCUT2D eigenvalue weighted by Gasteiger charge is 2.39. The fourth-order valence-corrected chi connectivity index (χ4v) is 5.22. The van der Waals surface area contributed by atoms with Crippen molar-refractivity contribution in [3.05, 3.63) is 29.8 Å². The number of carbonyl (C=O) groups excluding carboxylic acids is 2. The van der Waals surface area contributed by atoms with Crippen molar-refractivity contribution in [1.29, 1.82) is 0 Å². The van der Waals surface area contributed by atoms with Crippen LogP contribution in [0.5, 0.6) is 0 Å². The van der Waals surface area contributed by atoms with Crippen molar-refractivity contribution in [3.63, 3.8) is 0 Å². The molecule has 0 aliphatic carbocycles. The zero-order valence-electron chi connectivity index (χ0n) is 17.0. The minimum atomic E-state index is -2.72. The number of ether oxygens (including phenoxy) is 1. The topological polar surface area (TPSA) is 112 Å². The summed E-state index contributed by atoms with van der Waals surface area (Å²) in [4.78, 5) is 23.2. The van der Waals surface area contributed by atoms with Gasteiger partial charge in [-0.1, -0.05) is 12.1 Å². The maximum Gasteiger partial charge on any atom is 0.501 e. The van der Waals surface area contributed by atoms with E-state index < -0.39 is 20.9 Å². The molecule has 0 aliphatic rings. The number of nitrogens with zero attached hydrogens (tertiary/aromatic N) is 1. The monoisotopic (exact) mass is 413 g/mol. The molecule has 0 fully saturated rings. The fourth-order valence-electron chi connectivity index (χ4n) is 2.62. The molecule has 0 saturated heterocycles. The number of hydrogen-bond acceptors (Lipinski definition) is 6.